The lowest BCUT2D eigenvalue weighted by molar-refractivity contribution is -0.305. The summed E-state index contributed by atoms with van der Waals surface area (Å²) in [7, 11) is 1.21. The van der Waals surface area contributed by atoms with E-state index in [1.54, 1.807) is 0 Å². The van der Waals surface area contributed by atoms with E-state index in [4.69, 9.17) is 5.73 Å². The number of aromatic nitrogens is 1. The van der Waals surface area contributed by atoms with Crippen molar-refractivity contribution in [3.63, 3.8) is 0 Å². The van der Waals surface area contributed by atoms with E-state index in [0.717, 1.165) is 16.3 Å². The summed E-state index contributed by atoms with van der Waals surface area (Å²) >= 11 is 1.07. The van der Waals surface area contributed by atoms with Crippen molar-refractivity contribution in [3.8, 4) is 0 Å². The Kier molecular flexibility index (Phi) is 4.98. The van der Waals surface area contributed by atoms with E-state index in [0.29, 0.717) is 5.01 Å². The lowest BCUT2D eigenvalue weighted by atomic mass is 10.1. The van der Waals surface area contributed by atoms with Crippen LogP contribution < -0.4 is 21.3 Å². The molecule has 28 heavy (non-hydrogen) atoms. The van der Waals surface area contributed by atoms with E-state index in [1.807, 2.05) is 0 Å². The van der Waals surface area contributed by atoms with Crippen molar-refractivity contribution in [2.75, 3.05) is 25.9 Å². The van der Waals surface area contributed by atoms with Crippen LogP contribution in [0.25, 0.3) is 0 Å². The molecule has 0 spiro atoms. The average molecular weight is 408 g/mol. The Morgan fingerprint density at radius 1 is 1.39 bits per heavy atom. The molecule has 2 amide bonds. The van der Waals surface area contributed by atoms with Crippen LogP contribution in [0.2, 0.25) is 0 Å². The Balaban J connectivity index is 1.81. The zero-order valence-electron chi connectivity index (χ0n) is 14.2. The van der Waals surface area contributed by atoms with Gasteiger partial charge >= 0.3 is 0 Å². The molecule has 13 nitrogen and oxygen atoms in total. The first kappa shape index (κ1) is 19.2. The molecule has 0 aromatic carbocycles. The number of carbonyl (C=O) groups is 4. The summed E-state index contributed by atoms with van der Waals surface area (Å²) < 4.78 is 0. The molecular formula is C14H12N6O7S-2. The number of hydrogen-bond acceptors (Lipinski definition) is 12. The number of nitrogen functional groups attached to an aromatic ring is 1. The Morgan fingerprint density at radius 3 is 2.64 bits per heavy atom. The Hall–Kier alpha value is -3.52. The van der Waals surface area contributed by atoms with E-state index in [2.05, 4.69) is 20.3 Å². The van der Waals surface area contributed by atoms with Crippen molar-refractivity contribution >= 4 is 45.9 Å². The van der Waals surface area contributed by atoms with Gasteiger partial charge < -0.3 is 35.7 Å². The predicted molar refractivity (Wildman–Crippen MR) is 87.5 cm³/mol. The number of hydrazine groups is 1. The van der Waals surface area contributed by atoms with Gasteiger partial charge in [-0.2, -0.15) is 0 Å². The largest absolute Gasteiger partial charge is 0.545 e. The summed E-state index contributed by atoms with van der Waals surface area (Å²) in [5, 5.41) is 31.8. The standard InChI is InChI=1S/C14H14N6O7S/c1-27-18-8(7-4-28-14(15)17-7)10(21)16-6-3-19-2-5(12(23)24)9(13(25)26)20(19)11(6)22/h4,6H,2-3H2,1H3,(H2,15,17)(H,16,21)(H,23,24)(H,25,26)/p-2/b18-8-. The van der Waals surface area contributed by atoms with Crippen LogP contribution in [0.3, 0.4) is 0 Å². The third-order valence-electron chi connectivity index (χ3n) is 3.93. The van der Waals surface area contributed by atoms with Gasteiger partial charge in [-0.1, -0.05) is 5.16 Å². The van der Waals surface area contributed by atoms with E-state index in [1.165, 1.54) is 12.5 Å². The second kappa shape index (κ2) is 7.24. The number of amides is 2. The number of carboxylic acids is 2. The number of nitrogens with one attached hydrogen (secondary N) is 1. The molecule has 3 N–H and O–H groups in total. The average Bonchev–Trinajstić information content (AvgIpc) is 3.28. The van der Waals surface area contributed by atoms with Crippen LogP contribution in [-0.4, -0.2) is 70.7 Å². The van der Waals surface area contributed by atoms with Gasteiger partial charge in [0.2, 0.25) is 0 Å². The first-order valence-electron chi connectivity index (χ1n) is 7.62. The minimum absolute atomic E-state index is 0.127. The molecule has 0 aliphatic carbocycles. The highest BCUT2D eigenvalue weighted by Gasteiger charge is 2.46. The third kappa shape index (κ3) is 3.25. The molecule has 14 heteroatoms. The summed E-state index contributed by atoms with van der Waals surface area (Å²) in [5.74, 6) is -5.23. The number of carboxylic acid groups (broad SMARTS) is 2. The maximum Gasteiger partial charge on any atom is 0.276 e. The summed E-state index contributed by atoms with van der Waals surface area (Å²) in [6.45, 7) is -0.553. The topological polar surface area (TPSA) is 193 Å². The van der Waals surface area contributed by atoms with Crippen LogP contribution in [0.15, 0.2) is 21.8 Å². The molecule has 1 aromatic rings. The predicted octanol–water partition coefficient (Wildman–Crippen LogP) is -4.61. The van der Waals surface area contributed by atoms with Gasteiger partial charge in [0, 0.05) is 24.0 Å². The zero-order chi connectivity index (χ0) is 20.6. The Labute approximate surface area is 160 Å². The monoisotopic (exact) mass is 408 g/mol. The second-order valence-electron chi connectivity index (χ2n) is 5.62. The van der Waals surface area contributed by atoms with Crippen molar-refractivity contribution in [3.05, 3.63) is 22.3 Å². The van der Waals surface area contributed by atoms with Crippen LogP contribution in [0.1, 0.15) is 5.69 Å². The highest BCUT2D eigenvalue weighted by molar-refractivity contribution is 7.13. The van der Waals surface area contributed by atoms with E-state index >= 15 is 0 Å². The minimum Gasteiger partial charge on any atom is -0.545 e. The van der Waals surface area contributed by atoms with E-state index in [-0.39, 0.29) is 29.6 Å². The maximum atomic E-state index is 12.6. The minimum atomic E-state index is -1.85. The van der Waals surface area contributed by atoms with Crippen molar-refractivity contribution in [2.24, 2.45) is 5.16 Å². The highest BCUT2D eigenvalue weighted by Crippen LogP contribution is 2.28. The SMILES string of the molecule is CO/N=C(\C(=O)NC1CN2CC(C(=O)[O-])=C(C(=O)[O-])N2C1=O)c1csc(N)n1. The number of carbonyl (C=O) groups excluding carboxylic acids is 4. The van der Waals surface area contributed by atoms with Gasteiger partial charge in [0.15, 0.2) is 10.8 Å². The molecule has 0 radical (unpaired) electrons. The number of anilines is 1. The summed E-state index contributed by atoms with van der Waals surface area (Å²) in [6.07, 6.45) is 0. The van der Waals surface area contributed by atoms with Crippen LogP contribution in [0.5, 0.6) is 0 Å². The normalized spacial score (nSPS) is 19.8. The molecule has 0 bridgehead atoms. The molecule has 148 valence electrons. The van der Waals surface area contributed by atoms with Crippen LogP contribution in [0.4, 0.5) is 5.13 Å². The number of thiazole rings is 1. The number of rotatable bonds is 6. The fourth-order valence-corrected chi connectivity index (χ4v) is 3.37. The smallest absolute Gasteiger partial charge is 0.276 e. The van der Waals surface area contributed by atoms with Gasteiger partial charge in [0.25, 0.3) is 11.8 Å². The van der Waals surface area contributed by atoms with Gasteiger partial charge in [0.05, 0.1) is 17.6 Å². The molecule has 1 aromatic heterocycles. The Bertz CT molecular complexity index is 938. The zero-order valence-corrected chi connectivity index (χ0v) is 15.0. The quantitative estimate of drug-likeness (QED) is 0.341. The second-order valence-corrected chi connectivity index (χ2v) is 6.51. The molecule has 2 aliphatic rings. The lowest BCUT2D eigenvalue weighted by Crippen LogP contribution is -2.47. The molecule has 1 saturated heterocycles. The maximum absolute atomic E-state index is 12.6. The fourth-order valence-electron chi connectivity index (χ4n) is 2.83. The van der Waals surface area contributed by atoms with Gasteiger partial charge in [0.1, 0.15) is 18.8 Å². The number of aliphatic carboxylic acids is 2. The number of fused-ring (bicyclic) bond motifs is 1. The first-order valence-corrected chi connectivity index (χ1v) is 8.50. The third-order valence-corrected chi connectivity index (χ3v) is 4.60. The highest BCUT2D eigenvalue weighted by atomic mass is 32.1. The summed E-state index contributed by atoms with van der Waals surface area (Å²) in [4.78, 5) is 56.0. The molecule has 0 saturated carbocycles. The molecule has 3 heterocycles. The molecule has 1 fully saturated rings. The van der Waals surface area contributed by atoms with Gasteiger partial charge in [-0.05, 0) is 0 Å². The van der Waals surface area contributed by atoms with Gasteiger partial charge in [-0.3, -0.25) is 9.59 Å². The van der Waals surface area contributed by atoms with Gasteiger partial charge in [-0.15, -0.1) is 11.3 Å². The van der Waals surface area contributed by atoms with E-state index < -0.39 is 41.1 Å². The molecule has 1 atom stereocenters. The van der Waals surface area contributed by atoms with Crippen LogP contribution in [-0.2, 0) is 24.0 Å². The van der Waals surface area contributed by atoms with Gasteiger partial charge in [-0.25, -0.2) is 15.0 Å². The van der Waals surface area contributed by atoms with E-state index in [9.17, 15) is 29.4 Å². The number of oxime groups is 1. The molecule has 2 aliphatic heterocycles. The first-order chi connectivity index (χ1) is 13.2. The number of hydrogen-bond donors (Lipinski definition) is 2. The molecular weight excluding hydrogens is 396 g/mol. The molecule has 1 unspecified atom stereocenters. The summed E-state index contributed by atoms with van der Waals surface area (Å²) in [6, 6.07) is -1.16. The summed E-state index contributed by atoms with van der Waals surface area (Å²) in [5.41, 5.74) is 4.02. The Morgan fingerprint density at radius 2 is 2.11 bits per heavy atom. The van der Waals surface area contributed by atoms with Crippen molar-refractivity contribution < 1.29 is 34.2 Å². The van der Waals surface area contributed by atoms with Crippen molar-refractivity contribution in [1.29, 1.82) is 0 Å². The van der Waals surface area contributed by atoms with Crippen LogP contribution in [0, 0.1) is 0 Å². The lowest BCUT2D eigenvalue weighted by Gasteiger charge is -2.22. The van der Waals surface area contributed by atoms with Crippen molar-refractivity contribution in [2.45, 2.75) is 6.04 Å². The van der Waals surface area contributed by atoms with Crippen LogP contribution >= 0.6 is 11.3 Å². The number of nitrogens with zero attached hydrogens (tertiary/aromatic N) is 4. The number of nitrogens with two attached hydrogens (primary N) is 1. The van der Waals surface area contributed by atoms with Crippen molar-refractivity contribution in [1.82, 2.24) is 20.3 Å². The molecule has 3 rings (SSSR count). The fraction of sp³-hybridized carbons (Fsp3) is 0.286.